The van der Waals surface area contributed by atoms with E-state index in [2.05, 4.69) is 5.32 Å². The van der Waals surface area contributed by atoms with Crippen molar-refractivity contribution in [3.63, 3.8) is 0 Å². The molecule has 3 nitrogen and oxygen atoms in total. The lowest BCUT2D eigenvalue weighted by Crippen LogP contribution is -2.15. The molecule has 0 aliphatic heterocycles. The Morgan fingerprint density at radius 2 is 1.76 bits per heavy atom. The van der Waals surface area contributed by atoms with Crippen LogP contribution in [-0.4, -0.2) is 13.2 Å². The minimum atomic E-state index is -0.284. The first kappa shape index (κ1) is 13.9. The first-order valence-corrected chi connectivity index (χ1v) is 7.08. The molecular weight excluding hydrogens is 269 g/mol. The molecule has 2 aromatic rings. The number of hydrogen-bond donors (Lipinski definition) is 1. The van der Waals surface area contributed by atoms with Gasteiger partial charge in [-0.3, -0.25) is 0 Å². The van der Waals surface area contributed by atoms with Crippen LogP contribution < -0.4 is 14.8 Å². The number of rotatable bonds is 6. The molecule has 110 valence electrons. The van der Waals surface area contributed by atoms with Gasteiger partial charge in [-0.05, 0) is 54.8 Å². The second-order valence-corrected chi connectivity index (χ2v) is 5.23. The highest BCUT2D eigenvalue weighted by Gasteiger charge is 2.20. The van der Waals surface area contributed by atoms with Gasteiger partial charge in [0.1, 0.15) is 23.1 Å². The number of hydrogen-bond acceptors (Lipinski definition) is 3. The second kappa shape index (κ2) is 6.14. The predicted octanol–water partition coefficient (Wildman–Crippen LogP) is 3.88. The molecule has 0 spiro atoms. The Hall–Kier alpha value is -2.07. The SMILES string of the molecule is COc1ccc(Oc2cc(F)cc(CNC3CC3)c2)cc1. The van der Waals surface area contributed by atoms with Gasteiger partial charge in [0.25, 0.3) is 0 Å². The predicted molar refractivity (Wildman–Crippen MR) is 79.3 cm³/mol. The van der Waals surface area contributed by atoms with E-state index in [1.54, 1.807) is 19.2 Å². The van der Waals surface area contributed by atoms with E-state index in [1.165, 1.54) is 25.0 Å². The van der Waals surface area contributed by atoms with Crippen LogP contribution in [0.2, 0.25) is 0 Å². The van der Waals surface area contributed by atoms with E-state index >= 15 is 0 Å². The Morgan fingerprint density at radius 1 is 1.05 bits per heavy atom. The van der Waals surface area contributed by atoms with Crippen molar-refractivity contribution in [2.45, 2.75) is 25.4 Å². The Bertz CT molecular complexity index is 609. The van der Waals surface area contributed by atoms with Crippen LogP contribution >= 0.6 is 0 Å². The Morgan fingerprint density at radius 3 is 2.43 bits per heavy atom. The molecule has 4 heteroatoms. The lowest BCUT2D eigenvalue weighted by atomic mass is 10.2. The van der Waals surface area contributed by atoms with Crippen LogP contribution in [-0.2, 0) is 6.54 Å². The monoisotopic (exact) mass is 287 g/mol. The van der Waals surface area contributed by atoms with E-state index in [9.17, 15) is 4.39 Å². The van der Waals surface area contributed by atoms with Gasteiger partial charge in [0.05, 0.1) is 7.11 Å². The van der Waals surface area contributed by atoms with Crippen LogP contribution in [0.25, 0.3) is 0 Å². The van der Waals surface area contributed by atoms with Gasteiger partial charge in [-0.2, -0.15) is 0 Å². The average molecular weight is 287 g/mol. The highest BCUT2D eigenvalue weighted by molar-refractivity contribution is 5.37. The second-order valence-electron chi connectivity index (χ2n) is 5.23. The molecule has 2 aromatic carbocycles. The summed E-state index contributed by atoms with van der Waals surface area (Å²) in [6.07, 6.45) is 2.43. The van der Waals surface area contributed by atoms with E-state index in [0.29, 0.717) is 24.1 Å². The van der Waals surface area contributed by atoms with E-state index < -0.39 is 0 Å². The van der Waals surface area contributed by atoms with Gasteiger partial charge in [0.2, 0.25) is 0 Å². The fraction of sp³-hybridized carbons (Fsp3) is 0.294. The van der Waals surface area contributed by atoms with Crippen LogP contribution in [0.3, 0.4) is 0 Å². The molecule has 1 saturated carbocycles. The van der Waals surface area contributed by atoms with E-state index in [0.717, 1.165) is 11.3 Å². The van der Waals surface area contributed by atoms with Crippen LogP contribution in [0.15, 0.2) is 42.5 Å². The zero-order valence-corrected chi connectivity index (χ0v) is 11.9. The zero-order valence-electron chi connectivity index (χ0n) is 11.9. The maximum atomic E-state index is 13.7. The summed E-state index contributed by atoms with van der Waals surface area (Å²) >= 11 is 0. The molecular formula is C17H18FNO2. The molecule has 21 heavy (non-hydrogen) atoms. The van der Waals surface area contributed by atoms with Gasteiger partial charge in [-0.1, -0.05) is 0 Å². The molecule has 1 N–H and O–H groups in total. The summed E-state index contributed by atoms with van der Waals surface area (Å²) in [4.78, 5) is 0. The summed E-state index contributed by atoms with van der Waals surface area (Å²) in [6, 6.07) is 12.6. The summed E-state index contributed by atoms with van der Waals surface area (Å²) in [5.41, 5.74) is 0.894. The quantitative estimate of drug-likeness (QED) is 0.874. The van der Waals surface area contributed by atoms with Gasteiger partial charge in [0.15, 0.2) is 0 Å². The summed E-state index contributed by atoms with van der Waals surface area (Å²) in [5.74, 6) is 1.64. The molecule has 0 bridgehead atoms. The highest BCUT2D eigenvalue weighted by atomic mass is 19.1. The van der Waals surface area contributed by atoms with Crippen molar-refractivity contribution in [3.8, 4) is 17.2 Å². The molecule has 0 saturated heterocycles. The average Bonchev–Trinajstić information content (AvgIpc) is 3.30. The van der Waals surface area contributed by atoms with Crippen molar-refractivity contribution < 1.29 is 13.9 Å². The highest BCUT2D eigenvalue weighted by Crippen LogP contribution is 2.26. The van der Waals surface area contributed by atoms with Gasteiger partial charge >= 0.3 is 0 Å². The topological polar surface area (TPSA) is 30.5 Å². The number of methoxy groups -OCH3 is 1. The van der Waals surface area contributed by atoms with Gasteiger partial charge in [-0.15, -0.1) is 0 Å². The summed E-state index contributed by atoms with van der Waals surface area (Å²) in [5, 5.41) is 3.37. The van der Waals surface area contributed by atoms with E-state index in [4.69, 9.17) is 9.47 Å². The number of nitrogens with one attached hydrogen (secondary N) is 1. The van der Waals surface area contributed by atoms with Crippen molar-refractivity contribution in [1.29, 1.82) is 0 Å². The van der Waals surface area contributed by atoms with Gasteiger partial charge < -0.3 is 14.8 Å². The maximum absolute atomic E-state index is 13.7. The first-order valence-electron chi connectivity index (χ1n) is 7.08. The number of halogens is 1. The Balaban J connectivity index is 1.70. The molecule has 0 amide bonds. The largest absolute Gasteiger partial charge is 0.497 e. The summed E-state index contributed by atoms with van der Waals surface area (Å²) < 4.78 is 24.5. The fourth-order valence-electron chi connectivity index (χ4n) is 2.11. The van der Waals surface area contributed by atoms with Crippen molar-refractivity contribution in [2.75, 3.05) is 7.11 Å². The van der Waals surface area contributed by atoms with Crippen LogP contribution in [0.4, 0.5) is 4.39 Å². The first-order chi connectivity index (χ1) is 10.2. The van der Waals surface area contributed by atoms with Gasteiger partial charge in [-0.25, -0.2) is 4.39 Å². The van der Waals surface area contributed by atoms with Crippen LogP contribution in [0.1, 0.15) is 18.4 Å². The molecule has 0 atom stereocenters. The van der Waals surface area contributed by atoms with Crippen LogP contribution in [0.5, 0.6) is 17.2 Å². The maximum Gasteiger partial charge on any atom is 0.130 e. The normalized spacial score (nSPS) is 14.0. The van der Waals surface area contributed by atoms with E-state index in [1.807, 2.05) is 18.2 Å². The minimum Gasteiger partial charge on any atom is -0.497 e. The van der Waals surface area contributed by atoms with E-state index in [-0.39, 0.29) is 5.82 Å². The Kier molecular flexibility index (Phi) is 4.06. The summed E-state index contributed by atoms with van der Waals surface area (Å²) in [6.45, 7) is 0.668. The molecule has 0 radical (unpaired) electrons. The van der Waals surface area contributed by atoms with Gasteiger partial charge in [0, 0.05) is 18.7 Å². The summed E-state index contributed by atoms with van der Waals surface area (Å²) in [7, 11) is 1.61. The van der Waals surface area contributed by atoms with Crippen molar-refractivity contribution in [3.05, 3.63) is 53.8 Å². The van der Waals surface area contributed by atoms with Crippen molar-refractivity contribution in [1.82, 2.24) is 5.32 Å². The molecule has 1 fully saturated rings. The lowest BCUT2D eigenvalue weighted by Gasteiger charge is -2.09. The molecule has 0 heterocycles. The number of benzene rings is 2. The smallest absolute Gasteiger partial charge is 0.130 e. The number of ether oxygens (including phenoxy) is 2. The third kappa shape index (κ3) is 3.95. The minimum absolute atomic E-state index is 0.284. The van der Waals surface area contributed by atoms with Crippen molar-refractivity contribution >= 4 is 0 Å². The molecule has 1 aliphatic rings. The molecule has 0 aromatic heterocycles. The molecule has 1 aliphatic carbocycles. The lowest BCUT2D eigenvalue weighted by molar-refractivity contribution is 0.412. The third-order valence-electron chi connectivity index (χ3n) is 3.40. The third-order valence-corrected chi connectivity index (χ3v) is 3.40. The van der Waals surface area contributed by atoms with Crippen LogP contribution in [0, 0.1) is 5.82 Å². The standard InChI is InChI=1S/C17H18FNO2/c1-20-15-4-6-16(7-5-15)21-17-9-12(8-13(18)10-17)11-19-14-2-3-14/h4-10,14,19H,2-3,11H2,1H3. The zero-order chi connectivity index (χ0) is 14.7. The fourth-order valence-corrected chi connectivity index (χ4v) is 2.11. The molecule has 3 rings (SSSR count). The van der Waals surface area contributed by atoms with Crippen molar-refractivity contribution in [2.24, 2.45) is 0 Å². The Labute approximate surface area is 123 Å². The molecule has 0 unspecified atom stereocenters.